The summed E-state index contributed by atoms with van der Waals surface area (Å²) >= 11 is 0. The van der Waals surface area contributed by atoms with Crippen molar-refractivity contribution in [2.24, 2.45) is 0 Å². The van der Waals surface area contributed by atoms with E-state index in [0.29, 0.717) is 6.04 Å². The van der Waals surface area contributed by atoms with E-state index in [1.54, 1.807) is 6.07 Å². The van der Waals surface area contributed by atoms with Crippen LogP contribution in [0.15, 0.2) is 29.3 Å². The molecule has 0 amide bonds. The minimum atomic E-state index is -0.00332. The van der Waals surface area contributed by atoms with Crippen LogP contribution in [-0.2, 0) is 13.0 Å². The number of pyridine rings is 1. The van der Waals surface area contributed by atoms with Crippen molar-refractivity contribution in [2.75, 3.05) is 6.54 Å². The van der Waals surface area contributed by atoms with Crippen LogP contribution in [0.4, 0.5) is 0 Å². The maximum absolute atomic E-state index is 11.4. The molecule has 3 rings (SSSR count). The van der Waals surface area contributed by atoms with E-state index in [1.165, 1.54) is 11.1 Å². The van der Waals surface area contributed by atoms with E-state index in [1.807, 2.05) is 30.1 Å². The van der Waals surface area contributed by atoms with Crippen LogP contribution in [0.2, 0.25) is 0 Å². The summed E-state index contributed by atoms with van der Waals surface area (Å²) in [5.74, 6) is 0. The lowest BCUT2D eigenvalue weighted by Gasteiger charge is -2.26. The van der Waals surface area contributed by atoms with Gasteiger partial charge in [0.1, 0.15) is 0 Å². The molecule has 1 aliphatic rings. The monoisotopic (exact) mass is 272 g/mol. The molecule has 0 saturated heterocycles. The molecule has 0 saturated carbocycles. The van der Waals surface area contributed by atoms with Crippen molar-refractivity contribution in [3.05, 3.63) is 51.7 Å². The van der Waals surface area contributed by atoms with Gasteiger partial charge in [-0.15, -0.1) is 0 Å². The SMILES string of the molecule is Cc1cnn(CCNC2CCCc3[nH]c(=O)ccc32)c1. The first-order valence-electron chi connectivity index (χ1n) is 7.17. The van der Waals surface area contributed by atoms with Crippen molar-refractivity contribution < 1.29 is 0 Å². The standard InChI is InChI=1S/C15H20N4O/c1-11-9-17-19(10-11)8-7-16-13-3-2-4-14-12(13)5-6-15(20)18-14/h5-6,9-10,13,16H,2-4,7-8H2,1H3,(H,18,20). The van der Waals surface area contributed by atoms with Crippen molar-refractivity contribution in [1.82, 2.24) is 20.1 Å². The van der Waals surface area contributed by atoms with Gasteiger partial charge in [-0.1, -0.05) is 6.07 Å². The zero-order valence-corrected chi connectivity index (χ0v) is 11.7. The van der Waals surface area contributed by atoms with Crippen molar-refractivity contribution in [1.29, 1.82) is 0 Å². The van der Waals surface area contributed by atoms with Crippen LogP contribution >= 0.6 is 0 Å². The van der Waals surface area contributed by atoms with Gasteiger partial charge in [-0.25, -0.2) is 0 Å². The van der Waals surface area contributed by atoms with Crippen molar-refractivity contribution >= 4 is 0 Å². The van der Waals surface area contributed by atoms with Gasteiger partial charge < -0.3 is 10.3 Å². The quantitative estimate of drug-likeness (QED) is 0.887. The summed E-state index contributed by atoms with van der Waals surface area (Å²) in [7, 11) is 0. The molecule has 20 heavy (non-hydrogen) atoms. The van der Waals surface area contributed by atoms with Gasteiger partial charge in [0.15, 0.2) is 0 Å². The van der Waals surface area contributed by atoms with Crippen LogP contribution < -0.4 is 10.9 Å². The minimum absolute atomic E-state index is 0.00332. The molecule has 1 atom stereocenters. The third-order valence-electron chi connectivity index (χ3n) is 3.83. The normalized spacial score (nSPS) is 17.9. The number of aromatic nitrogens is 3. The van der Waals surface area contributed by atoms with Crippen molar-refractivity contribution in [3.63, 3.8) is 0 Å². The zero-order chi connectivity index (χ0) is 13.9. The number of hydrogen-bond donors (Lipinski definition) is 2. The Balaban J connectivity index is 1.63. The minimum Gasteiger partial charge on any atom is -0.326 e. The van der Waals surface area contributed by atoms with Gasteiger partial charge in [0, 0.05) is 30.5 Å². The first-order valence-corrected chi connectivity index (χ1v) is 7.17. The number of hydrogen-bond acceptors (Lipinski definition) is 3. The average molecular weight is 272 g/mol. The summed E-state index contributed by atoms with van der Waals surface area (Å²) in [5.41, 5.74) is 3.52. The number of nitrogens with zero attached hydrogens (tertiary/aromatic N) is 2. The number of fused-ring (bicyclic) bond motifs is 1. The number of aryl methyl sites for hydroxylation is 2. The number of H-pyrrole nitrogens is 1. The number of rotatable bonds is 4. The Hall–Kier alpha value is -1.88. The zero-order valence-electron chi connectivity index (χ0n) is 11.7. The maximum Gasteiger partial charge on any atom is 0.248 e. The average Bonchev–Trinajstić information content (AvgIpc) is 2.84. The predicted molar refractivity (Wildman–Crippen MR) is 77.7 cm³/mol. The van der Waals surface area contributed by atoms with Crippen LogP contribution in [-0.4, -0.2) is 21.3 Å². The lowest BCUT2D eigenvalue weighted by Crippen LogP contribution is -2.29. The fourth-order valence-electron chi connectivity index (χ4n) is 2.85. The lowest BCUT2D eigenvalue weighted by atomic mass is 9.91. The number of aromatic amines is 1. The molecule has 0 spiro atoms. The van der Waals surface area contributed by atoms with E-state index < -0.39 is 0 Å². The Bertz CT molecular complexity index is 643. The van der Waals surface area contributed by atoms with Crippen LogP contribution in [0.25, 0.3) is 0 Å². The second-order valence-electron chi connectivity index (χ2n) is 5.44. The molecule has 0 aliphatic heterocycles. The second-order valence-corrected chi connectivity index (χ2v) is 5.44. The van der Waals surface area contributed by atoms with E-state index in [-0.39, 0.29) is 5.56 Å². The van der Waals surface area contributed by atoms with Crippen molar-refractivity contribution in [2.45, 2.75) is 38.8 Å². The van der Waals surface area contributed by atoms with Gasteiger partial charge in [0.2, 0.25) is 5.56 Å². The van der Waals surface area contributed by atoms with E-state index >= 15 is 0 Å². The molecule has 1 unspecified atom stereocenters. The highest BCUT2D eigenvalue weighted by Gasteiger charge is 2.19. The Kier molecular flexibility index (Phi) is 3.69. The molecule has 1 aliphatic carbocycles. The Morgan fingerprint density at radius 2 is 2.40 bits per heavy atom. The molecule has 106 valence electrons. The fourth-order valence-corrected chi connectivity index (χ4v) is 2.85. The summed E-state index contributed by atoms with van der Waals surface area (Å²) in [6.07, 6.45) is 7.14. The van der Waals surface area contributed by atoms with Gasteiger partial charge in [0.05, 0.1) is 12.7 Å². The molecule has 2 aromatic rings. The first-order chi connectivity index (χ1) is 9.72. The van der Waals surface area contributed by atoms with Crippen molar-refractivity contribution in [3.8, 4) is 0 Å². The molecule has 5 nitrogen and oxygen atoms in total. The van der Waals surface area contributed by atoms with Crippen LogP contribution in [0.1, 0.15) is 35.7 Å². The highest BCUT2D eigenvalue weighted by molar-refractivity contribution is 5.26. The summed E-state index contributed by atoms with van der Waals surface area (Å²) in [6.45, 7) is 3.79. The molecule has 2 aromatic heterocycles. The maximum atomic E-state index is 11.4. The molecule has 2 heterocycles. The smallest absolute Gasteiger partial charge is 0.248 e. The van der Waals surface area contributed by atoms with E-state index in [2.05, 4.69) is 15.4 Å². The van der Waals surface area contributed by atoms with Gasteiger partial charge in [-0.05, 0) is 37.3 Å². The molecular formula is C15H20N4O. The second kappa shape index (κ2) is 5.63. The van der Waals surface area contributed by atoms with E-state index in [0.717, 1.165) is 38.0 Å². The van der Waals surface area contributed by atoms with Gasteiger partial charge in [-0.3, -0.25) is 9.48 Å². The predicted octanol–water partition coefficient (Wildman–Crippen LogP) is 1.55. The molecule has 0 fully saturated rings. The highest BCUT2D eigenvalue weighted by atomic mass is 16.1. The van der Waals surface area contributed by atoms with Gasteiger partial charge in [-0.2, -0.15) is 5.10 Å². The Morgan fingerprint density at radius 3 is 3.20 bits per heavy atom. The van der Waals surface area contributed by atoms with Crippen LogP contribution in [0, 0.1) is 6.92 Å². The Morgan fingerprint density at radius 1 is 1.50 bits per heavy atom. The van der Waals surface area contributed by atoms with Crippen LogP contribution in [0.5, 0.6) is 0 Å². The number of nitrogens with one attached hydrogen (secondary N) is 2. The Labute approximate surface area is 118 Å². The first kappa shape index (κ1) is 13.1. The van der Waals surface area contributed by atoms with Gasteiger partial charge in [0.25, 0.3) is 0 Å². The van der Waals surface area contributed by atoms with Crippen LogP contribution in [0.3, 0.4) is 0 Å². The molecule has 0 radical (unpaired) electrons. The summed E-state index contributed by atoms with van der Waals surface area (Å²) in [5, 5.41) is 7.86. The fraction of sp³-hybridized carbons (Fsp3) is 0.467. The largest absolute Gasteiger partial charge is 0.326 e. The molecular weight excluding hydrogens is 252 g/mol. The summed E-state index contributed by atoms with van der Waals surface area (Å²) in [6, 6.07) is 3.92. The van der Waals surface area contributed by atoms with E-state index in [9.17, 15) is 4.79 Å². The molecule has 5 heteroatoms. The molecule has 0 bridgehead atoms. The summed E-state index contributed by atoms with van der Waals surface area (Å²) in [4.78, 5) is 14.3. The highest BCUT2D eigenvalue weighted by Crippen LogP contribution is 2.27. The third kappa shape index (κ3) is 2.82. The topological polar surface area (TPSA) is 62.7 Å². The molecule has 0 aromatic carbocycles. The lowest BCUT2D eigenvalue weighted by molar-refractivity contribution is 0.433. The third-order valence-corrected chi connectivity index (χ3v) is 3.83. The van der Waals surface area contributed by atoms with Gasteiger partial charge >= 0.3 is 0 Å². The van der Waals surface area contributed by atoms with E-state index in [4.69, 9.17) is 0 Å². The summed E-state index contributed by atoms with van der Waals surface area (Å²) < 4.78 is 1.96. The molecule has 2 N–H and O–H groups in total.